The first-order valence-electron chi connectivity index (χ1n) is 5.72. The Hall–Kier alpha value is -1.30. The topological polar surface area (TPSA) is 50.1 Å². The van der Waals surface area contributed by atoms with Crippen LogP contribution in [0.2, 0.25) is 0 Å². The molecular formula is C13H21NO2. The number of esters is 1. The van der Waals surface area contributed by atoms with Crippen molar-refractivity contribution in [2.24, 2.45) is 11.8 Å². The van der Waals surface area contributed by atoms with Gasteiger partial charge in [0.1, 0.15) is 0 Å². The van der Waals surface area contributed by atoms with Gasteiger partial charge >= 0.3 is 5.97 Å². The number of nitrogens with zero attached hydrogens (tertiary/aromatic N) is 1. The molecule has 0 bridgehead atoms. The Morgan fingerprint density at radius 1 is 1.50 bits per heavy atom. The molecule has 0 aliphatic rings. The van der Waals surface area contributed by atoms with E-state index in [0.29, 0.717) is 19.4 Å². The van der Waals surface area contributed by atoms with E-state index in [9.17, 15) is 4.79 Å². The fourth-order valence-corrected chi connectivity index (χ4v) is 1.61. The largest absolute Gasteiger partial charge is 0.466 e. The van der Waals surface area contributed by atoms with Crippen molar-refractivity contribution >= 4 is 5.97 Å². The van der Waals surface area contributed by atoms with Crippen molar-refractivity contribution in [3.63, 3.8) is 0 Å². The molecule has 0 aromatic rings. The molecule has 0 aliphatic heterocycles. The molecule has 0 fully saturated rings. The molecule has 3 nitrogen and oxygen atoms in total. The Balaban J connectivity index is 4.18. The van der Waals surface area contributed by atoms with Gasteiger partial charge in [-0.1, -0.05) is 25.5 Å². The van der Waals surface area contributed by atoms with Crippen molar-refractivity contribution in [1.29, 1.82) is 5.26 Å². The van der Waals surface area contributed by atoms with Crippen LogP contribution in [0.15, 0.2) is 11.6 Å². The highest BCUT2D eigenvalue weighted by atomic mass is 16.5. The van der Waals surface area contributed by atoms with Crippen LogP contribution < -0.4 is 0 Å². The Bertz CT molecular complexity index is 289. The van der Waals surface area contributed by atoms with Crippen molar-refractivity contribution in [1.82, 2.24) is 0 Å². The first-order chi connectivity index (χ1) is 7.51. The van der Waals surface area contributed by atoms with E-state index in [1.807, 2.05) is 27.7 Å². The van der Waals surface area contributed by atoms with Crippen molar-refractivity contribution in [3.05, 3.63) is 11.6 Å². The van der Waals surface area contributed by atoms with E-state index in [1.165, 1.54) is 0 Å². The fraction of sp³-hybridized carbons (Fsp3) is 0.692. The molecule has 0 saturated heterocycles. The lowest BCUT2D eigenvalue weighted by Gasteiger charge is -2.11. The third kappa shape index (κ3) is 6.23. The van der Waals surface area contributed by atoms with Gasteiger partial charge in [0, 0.05) is 6.42 Å². The Morgan fingerprint density at radius 2 is 2.12 bits per heavy atom. The van der Waals surface area contributed by atoms with Crippen LogP contribution in [0.25, 0.3) is 0 Å². The summed E-state index contributed by atoms with van der Waals surface area (Å²) in [4.78, 5) is 11.4. The standard InChI is InChI=1S/C13H21NO2/c1-5-16-13(15)12(4)9-11(3)8-10(2)6-7-14/h8,10,12H,5-6,9H2,1-4H3/b11-8+/t10-,12+/m1/s1. The zero-order valence-corrected chi connectivity index (χ0v) is 10.6. The molecule has 2 atom stereocenters. The number of carbonyl (C=O) groups is 1. The van der Waals surface area contributed by atoms with E-state index in [1.54, 1.807) is 0 Å². The summed E-state index contributed by atoms with van der Waals surface area (Å²) >= 11 is 0. The maximum absolute atomic E-state index is 11.4. The van der Waals surface area contributed by atoms with E-state index in [2.05, 4.69) is 12.1 Å². The predicted octanol–water partition coefficient (Wildman–Crippen LogP) is 3.07. The monoisotopic (exact) mass is 223 g/mol. The van der Waals surface area contributed by atoms with Gasteiger partial charge in [0.25, 0.3) is 0 Å². The maximum atomic E-state index is 11.4. The van der Waals surface area contributed by atoms with Gasteiger partial charge in [0.15, 0.2) is 0 Å². The molecule has 0 amide bonds. The summed E-state index contributed by atoms with van der Waals surface area (Å²) in [6, 6.07) is 2.13. The van der Waals surface area contributed by atoms with Gasteiger partial charge < -0.3 is 4.74 Å². The van der Waals surface area contributed by atoms with Gasteiger partial charge in [-0.3, -0.25) is 4.79 Å². The quantitative estimate of drug-likeness (QED) is 0.513. The molecule has 3 heteroatoms. The Kier molecular flexibility index (Phi) is 7.28. The predicted molar refractivity (Wildman–Crippen MR) is 63.6 cm³/mol. The number of carbonyl (C=O) groups excluding carboxylic acids is 1. The zero-order chi connectivity index (χ0) is 12.6. The normalized spacial score (nSPS) is 15.1. The van der Waals surface area contributed by atoms with Crippen LogP contribution in [0.1, 0.15) is 40.5 Å². The van der Waals surface area contributed by atoms with Crippen LogP contribution in [0, 0.1) is 23.2 Å². The average Bonchev–Trinajstić information content (AvgIpc) is 2.17. The summed E-state index contributed by atoms with van der Waals surface area (Å²) in [5.41, 5.74) is 1.14. The second kappa shape index (κ2) is 7.92. The molecule has 0 N–H and O–H groups in total. The summed E-state index contributed by atoms with van der Waals surface area (Å²) in [6.07, 6.45) is 3.28. The van der Waals surface area contributed by atoms with E-state index in [0.717, 1.165) is 5.57 Å². The minimum absolute atomic E-state index is 0.106. The van der Waals surface area contributed by atoms with Gasteiger partial charge in [-0.2, -0.15) is 5.26 Å². The fourth-order valence-electron chi connectivity index (χ4n) is 1.61. The second-order valence-corrected chi connectivity index (χ2v) is 4.21. The molecular weight excluding hydrogens is 202 g/mol. The molecule has 0 spiro atoms. The number of hydrogen-bond donors (Lipinski definition) is 0. The third-order valence-electron chi connectivity index (χ3n) is 2.30. The van der Waals surface area contributed by atoms with Crippen molar-refractivity contribution < 1.29 is 9.53 Å². The highest BCUT2D eigenvalue weighted by molar-refractivity contribution is 5.72. The molecule has 0 radical (unpaired) electrons. The van der Waals surface area contributed by atoms with Crippen LogP contribution in [0.4, 0.5) is 0 Å². The number of rotatable bonds is 6. The highest BCUT2D eigenvalue weighted by Crippen LogP contribution is 2.15. The Labute approximate surface area is 98.1 Å². The first-order valence-corrected chi connectivity index (χ1v) is 5.72. The number of ether oxygens (including phenoxy) is 1. The second-order valence-electron chi connectivity index (χ2n) is 4.21. The molecule has 0 rings (SSSR count). The van der Waals surface area contributed by atoms with E-state index >= 15 is 0 Å². The van der Waals surface area contributed by atoms with Crippen LogP contribution in [0.5, 0.6) is 0 Å². The summed E-state index contributed by atoms with van der Waals surface area (Å²) in [6.45, 7) is 8.09. The lowest BCUT2D eigenvalue weighted by Crippen LogP contribution is -2.15. The van der Waals surface area contributed by atoms with E-state index in [-0.39, 0.29) is 17.8 Å². The molecule has 0 heterocycles. The molecule has 0 unspecified atom stereocenters. The summed E-state index contributed by atoms with van der Waals surface area (Å²) in [7, 11) is 0. The van der Waals surface area contributed by atoms with Crippen molar-refractivity contribution in [2.45, 2.75) is 40.5 Å². The van der Waals surface area contributed by atoms with Crippen molar-refractivity contribution in [3.8, 4) is 6.07 Å². The summed E-state index contributed by atoms with van der Waals surface area (Å²) in [5, 5.41) is 8.54. The average molecular weight is 223 g/mol. The molecule has 90 valence electrons. The molecule has 16 heavy (non-hydrogen) atoms. The van der Waals surface area contributed by atoms with Gasteiger partial charge in [-0.15, -0.1) is 0 Å². The lowest BCUT2D eigenvalue weighted by molar-refractivity contribution is -0.147. The third-order valence-corrected chi connectivity index (χ3v) is 2.30. The molecule has 0 aliphatic carbocycles. The lowest BCUT2D eigenvalue weighted by atomic mass is 9.98. The van der Waals surface area contributed by atoms with E-state index < -0.39 is 0 Å². The smallest absolute Gasteiger partial charge is 0.308 e. The zero-order valence-electron chi connectivity index (χ0n) is 10.6. The maximum Gasteiger partial charge on any atom is 0.308 e. The van der Waals surface area contributed by atoms with Gasteiger partial charge in [-0.25, -0.2) is 0 Å². The highest BCUT2D eigenvalue weighted by Gasteiger charge is 2.14. The minimum atomic E-state index is -0.150. The summed E-state index contributed by atoms with van der Waals surface area (Å²) < 4.78 is 4.94. The van der Waals surface area contributed by atoms with Gasteiger partial charge in [-0.05, 0) is 26.2 Å². The van der Waals surface area contributed by atoms with Gasteiger partial charge in [0.2, 0.25) is 0 Å². The SMILES string of the molecule is CCOC(=O)[C@@H](C)C/C(C)=C/[C@H](C)CC#N. The minimum Gasteiger partial charge on any atom is -0.466 e. The number of allylic oxidation sites excluding steroid dienone is 2. The van der Waals surface area contributed by atoms with E-state index in [4.69, 9.17) is 10.00 Å². The summed E-state index contributed by atoms with van der Waals surface area (Å²) in [5.74, 6) is -0.00642. The molecule has 0 aromatic heterocycles. The van der Waals surface area contributed by atoms with Crippen LogP contribution in [-0.2, 0) is 9.53 Å². The number of nitriles is 1. The first kappa shape index (κ1) is 14.7. The van der Waals surface area contributed by atoms with Gasteiger partial charge in [0.05, 0.1) is 18.6 Å². The molecule has 0 aromatic carbocycles. The Morgan fingerprint density at radius 3 is 2.62 bits per heavy atom. The number of hydrogen-bond acceptors (Lipinski definition) is 3. The van der Waals surface area contributed by atoms with Crippen molar-refractivity contribution in [2.75, 3.05) is 6.61 Å². The van der Waals surface area contributed by atoms with Crippen LogP contribution in [0.3, 0.4) is 0 Å². The molecule has 0 saturated carbocycles. The van der Waals surface area contributed by atoms with Crippen LogP contribution >= 0.6 is 0 Å². The van der Waals surface area contributed by atoms with Crippen LogP contribution in [-0.4, -0.2) is 12.6 Å².